The third-order valence-corrected chi connectivity index (χ3v) is 6.67. The summed E-state index contributed by atoms with van der Waals surface area (Å²) in [5, 5.41) is 5.32. The lowest BCUT2D eigenvalue weighted by atomic mass is 10.2. The average molecular weight is 431 g/mol. The van der Waals surface area contributed by atoms with Gasteiger partial charge in [0.25, 0.3) is 0 Å². The number of benzene rings is 1. The van der Waals surface area contributed by atoms with E-state index in [-0.39, 0.29) is 23.9 Å². The van der Waals surface area contributed by atoms with Gasteiger partial charge in [0.15, 0.2) is 0 Å². The average Bonchev–Trinajstić information content (AvgIpc) is 2.65. The molecule has 0 bridgehead atoms. The van der Waals surface area contributed by atoms with Crippen molar-refractivity contribution in [2.45, 2.75) is 31.7 Å². The Morgan fingerprint density at radius 3 is 2.36 bits per heavy atom. The highest BCUT2D eigenvalue weighted by molar-refractivity contribution is 7.89. The van der Waals surface area contributed by atoms with Crippen molar-refractivity contribution in [1.82, 2.24) is 19.8 Å². The van der Waals surface area contributed by atoms with Gasteiger partial charge in [0.2, 0.25) is 15.9 Å². The van der Waals surface area contributed by atoms with Crippen LogP contribution in [0.2, 0.25) is 5.02 Å². The summed E-state index contributed by atoms with van der Waals surface area (Å²) < 4.78 is 26.9. The van der Waals surface area contributed by atoms with E-state index in [9.17, 15) is 18.0 Å². The van der Waals surface area contributed by atoms with E-state index in [1.807, 2.05) is 18.7 Å². The molecule has 3 amide bonds. The van der Waals surface area contributed by atoms with Gasteiger partial charge in [-0.05, 0) is 31.0 Å². The van der Waals surface area contributed by atoms with Crippen molar-refractivity contribution in [2.75, 3.05) is 32.7 Å². The molecule has 8 nitrogen and oxygen atoms in total. The third-order valence-electron chi connectivity index (χ3n) is 4.54. The molecule has 2 N–H and O–H groups in total. The van der Waals surface area contributed by atoms with Gasteiger partial charge in [-0.25, -0.2) is 13.2 Å². The summed E-state index contributed by atoms with van der Waals surface area (Å²) in [5.74, 6) is -0.125. The molecule has 0 radical (unpaired) electrons. The lowest BCUT2D eigenvalue weighted by Crippen LogP contribution is -2.56. The fourth-order valence-corrected chi connectivity index (χ4v) is 4.55. The van der Waals surface area contributed by atoms with E-state index in [0.29, 0.717) is 24.7 Å². The van der Waals surface area contributed by atoms with E-state index < -0.39 is 28.0 Å². The number of nitrogens with one attached hydrogen (secondary N) is 2. The van der Waals surface area contributed by atoms with Crippen LogP contribution in [0.25, 0.3) is 0 Å². The van der Waals surface area contributed by atoms with Crippen molar-refractivity contribution >= 4 is 33.6 Å². The minimum Gasteiger partial charge on any atom is -0.338 e. The largest absolute Gasteiger partial charge is 0.338 e. The summed E-state index contributed by atoms with van der Waals surface area (Å²) in [6, 6.07) is 5.10. The maximum atomic E-state index is 12.7. The van der Waals surface area contributed by atoms with Gasteiger partial charge in [-0.15, -0.1) is 0 Å². The minimum atomic E-state index is -3.63. The minimum absolute atomic E-state index is 0.154. The first-order chi connectivity index (χ1) is 13.1. The molecule has 1 aliphatic heterocycles. The van der Waals surface area contributed by atoms with Gasteiger partial charge in [0, 0.05) is 37.7 Å². The Balaban J connectivity index is 1.90. The number of urea groups is 1. The van der Waals surface area contributed by atoms with Gasteiger partial charge >= 0.3 is 6.03 Å². The second-order valence-corrected chi connectivity index (χ2v) is 9.54. The number of hydrogen-bond donors (Lipinski definition) is 2. The van der Waals surface area contributed by atoms with E-state index in [1.54, 1.807) is 19.1 Å². The molecule has 1 heterocycles. The zero-order valence-electron chi connectivity index (χ0n) is 16.3. The Kier molecular flexibility index (Phi) is 7.82. The lowest BCUT2D eigenvalue weighted by Gasteiger charge is -2.36. The van der Waals surface area contributed by atoms with Crippen molar-refractivity contribution in [3.63, 3.8) is 0 Å². The summed E-state index contributed by atoms with van der Waals surface area (Å²) in [6.07, 6.45) is 0. The van der Waals surface area contributed by atoms with Gasteiger partial charge in [-0.1, -0.05) is 31.5 Å². The molecule has 0 aromatic heterocycles. The predicted molar refractivity (Wildman–Crippen MR) is 108 cm³/mol. The molecule has 1 atom stereocenters. The Hall–Kier alpha value is -1.68. The zero-order valence-corrected chi connectivity index (χ0v) is 17.9. The van der Waals surface area contributed by atoms with E-state index in [1.165, 1.54) is 16.4 Å². The number of carbonyl (C=O) groups is 2. The molecule has 156 valence electrons. The Morgan fingerprint density at radius 1 is 1.14 bits per heavy atom. The number of sulfonamides is 1. The number of imide groups is 1. The Morgan fingerprint density at radius 2 is 1.79 bits per heavy atom. The van der Waals surface area contributed by atoms with Crippen LogP contribution in [0.5, 0.6) is 0 Å². The first-order valence-electron chi connectivity index (χ1n) is 9.19. The molecule has 0 aliphatic carbocycles. The van der Waals surface area contributed by atoms with Crippen molar-refractivity contribution < 1.29 is 18.0 Å². The SMILES string of the molecule is CC(C)CNC(=O)NC(=O)C(C)N1CCN(S(=O)(=O)c2cccc(Cl)c2)CC1. The molecule has 1 aromatic rings. The number of piperazine rings is 1. The van der Waals surface area contributed by atoms with Crippen LogP contribution in [0.1, 0.15) is 20.8 Å². The molecule has 0 spiro atoms. The highest BCUT2D eigenvalue weighted by Crippen LogP contribution is 2.21. The second-order valence-electron chi connectivity index (χ2n) is 7.17. The third kappa shape index (κ3) is 5.91. The van der Waals surface area contributed by atoms with E-state index in [2.05, 4.69) is 10.6 Å². The number of nitrogens with zero attached hydrogens (tertiary/aromatic N) is 2. The van der Waals surface area contributed by atoms with Crippen molar-refractivity contribution in [2.24, 2.45) is 5.92 Å². The van der Waals surface area contributed by atoms with E-state index >= 15 is 0 Å². The van der Waals surface area contributed by atoms with Gasteiger partial charge < -0.3 is 5.32 Å². The van der Waals surface area contributed by atoms with Crippen LogP contribution in [0.3, 0.4) is 0 Å². The molecule has 0 saturated carbocycles. The quantitative estimate of drug-likeness (QED) is 0.712. The van der Waals surface area contributed by atoms with Gasteiger partial charge in [0.05, 0.1) is 10.9 Å². The van der Waals surface area contributed by atoms with Crippen LogP contribution < -0.4 is 10.6 Å². The van der Waals surface area contributed by atoms with Crippen LogP contribution in [-0.2, 0) is 14.8 Å². The maximum absolute atomic E-state index is 12.7. The summed E-state index contributed by atoms with van der Waals surface area (Å²) in [5.41, 5.74) is 0. The molecule has 1 unspecified atom stereocenters. The molecule has 1 saturated heterocycles. The molecule has 28 heavy (non-hydrogen) atoms. The molecule has 10 heteroatoms. The zero-order chi connectivity index (χ0) is 20.9. The van der Waals surface area contributed by atoms with Gasteiger partial charge in [0.1, 0.15) is 0 Å². The number of amides is 3. The number of hydrogen-bond acceptors (Lipinski definition) is 5. The summed E-state index contributed by atoms with van der Waals surface area (Å²) in [4.78, 5) is 26.0. The van der Waals surface area contributed by atoms with Crippen molar-refractivity contribution in [3.8, 4) is 0 Å². The lowest BCUT2D eigenvalue weighted by molar-refractivity contribution is -0.125. The van der Waals surface area contributed by atoms with E-state index in [4.69, 9.17) is 11.6 Å². The Bertz CT molecular complexity index is 808. The van der Waals surface area contributed by atoms with Crippen LogP contribution in [-0.4, -0.2) is 68.3 Å². The first kappa shape index (κ1) is 22.6. The smallest absolute Gasteiger partial charge is 0.321 e. The van der Waals surface area contributed by atoms with Crippen LogP contribution in [0, 0.1) is 5.92 Å². The standard InChI is InChI=1S/C18H27ClN4O4S/c1-13(2)12-20-18(25)21-17(24)14(3)22-7-9-23(10-8-22)28(26,27)16-6-4-5-15(19)11-16/h4-6,11,13-14H,7-10,12H2,1-3H3,(H2,20,21,24,25). The summed E-state index contributed by atoms with van der Waals surface area (Å²) in [7, 11) is -3.63. The number of halogens is 1. The molecule has 1 fully saturated rings. The number of carbonyl (C=O) groups excluding carboxylic acids is 2. The Labute approximate surface area is 171 Å². The highest BCUT2D eigenvalue weighted by atomic mass is 35.5. The van der Waals surface area contributed by atoms with Crippen molar-refractivity contribution in [3.05, 3.63) is 29.3 Å². The van der Waals surface area contributed by atoms with Gasteiger partial charge in [-0.3, -0.25) is 15.0 Å². The van der Waals surface area contributed by atoms with Crippen molar-refractivity contribution in [1.29, 1.82) is 0 Å². The molecule has 2 rings (SSSR count). The molecular weight excluding hydrogens is 404 g/mol. The molecule has 1 aliphatic rings. The number of rotatable bonds is 6. The summed E-state index contributed by atoms with van der Waals surface area (Å²) >= 11 is 5.90. The van der Waals surface area contributed by atoms with Crippen LogP contribution >= 0.6 is 11.6 Å². The normalized spacial score (nSPS) is 17.3. The highest BCUT2D eigenvalue weighted by Gasteiger charge is 2.32. The molecule has 1 aromatic carbocycles. The monoisotopic (exact) mass is 430 g/mol. The predicted octanol–water partition coefficient (Wildman–Crippen LogP) is 1.52. The topological polar surface area (TPSA) is 98.8 Å². The van der Waals surface area contributed by atoms with Gasteiger partial charge in [-0.2, -0.15) is 4.31 Å². The van der Waals surface area contributed by atoms with Crippen LogP contribution in [0.4, 0.5) is 4.79 Å². The fraction of sp³-hybridized carbons (Fsp3) is 0.556. The summed E-state index contributed by atoms with van der Waals surface area (Å²) in [6.45, 7) is 7.39. The fourth-order valence-electron chi connectivity index (χ4n) is 2.83. The van der Waals surface area contributed by atoms with E-state index in [0.717, 1.165) is 0 Å². The second kappa shape index (κ2) is 9.69. The maximum Gasteiger partial charge on any atom is 0.321 e. The molecular formula is C18H27ClN4O4S. The first-order valence-corrected chi connectivity index (χ1v) is 11.0. The van der Waals surface area contributed by atoms with Crippen LogP contribution in [0.15, 0.2) is 29.2 Å².